The third kappa shape index (κ3) is 2.72. The molecular formula is C7H12N2O2P+. The second kappa shape index (κ2) is 5.01. The minimum atomic E-state index is -1.69. The summed E-state index contributed by atoms with van der Waals surface area (Å²) in [6.45, 7) is 2.62. The van der Waals surface area contributed by atoms with E-state index in [9.17, 15) is 4.57 Å². The van der Waals surface area contributed by atoms with Crippen molar-refractivity contribution in [1.82, 2.24) is 10.2 Å². The van der Waals surface area contributed by atoms with Gasteiger partial charge >= 0.3 is 8.03 Å². The van der Waals surface area contributed by atoms with E-state index < -0.39 is 8.03 Å². The van der Waals surface area contributed by atoms with Gasteiger partial charge in [-0.15, -0.1) is 4.52 Å². The normalized spacial score (nSPS) is 11.6. The highest BCUT2D eigenvalue weighted by atomic mass is 31.1. The summed E-state index contributed by atoms with van der Waals surface area (Å²) in [5.74, 6) is 0. The van der Waals surface area contributed by atoms with Crippen LogP contribution in [0.5, 0.6) is 0 Å². The lowest BCUT2D eigenvalue weighted by molar-refractivity contribution is 0.326. The Morgan fingerprint density at radius 1 is 1.75 bits per heavy atom. The quantitative estimate of drug-likeness (QED) is 0.562. The first-order valence-corrected chi connectivity index (χ1v) is 5.11. The molecule has 0 bridgehead atoms. The molecule has 0 aromatic carbocycles. The van der Waals surface area contributed by atoms with Crippen LogP contribution < -0.4 is 5.30 Å². The van der Waals surface area contributed by atoms with E-state index in [4.69, 9.17) is 4.52 Å². The van der Waals surface area contributed by atoms with Crippen LogP contribution >= 0.6 is 8.03 Å². The van der Waals surface area contributed by atoms with Crippen molar-refractivity contribution in [3.05, 3.63) is 12.4 Å². The zero-order chi connectivity index (χ0) is 8.81. The number of rotatable bonds is 5. The fraction of sp³-hybridized carbons (Fsp3) is 0.571. The fourth-order valence-electron chi connectivity index (χ4n) is 0.710. The molecule has 1 rings (SSSR count). The van der Waals surface area contributed by atoms with Crippen molar-refractivity contribution in [2.75, 3.05) is 6.61 Å². The van der Waals surface area contributed by atoms with Crippen molar-refractivity contribution in [3.63, 3.8) is 0 Å². The second-order valence-electron chi connectivity index (χ2n) is 2.40. The second-order valence-corrected chi connectivity index (χ2v) is 3.69. The van der Waals surface area contributed by atoms with Crippen molar-refractivity contribution in [3.8, 4) is 0 Å². The molecule has 1 atom stereocenters. The molecule has 0 saturated heterocycles. The molecule has 1 N–H and O–H groups in total. The van der Waals surface area contributed by atoms with Crippen molar-refractivity contribution in [2.24, 2.45) is 0 Å². The van der Waals surface area contributed by atoms with E-state index in [1.165, 1.54) is 6.20 Å². The van der Waals surface area contributed by atoms with Crippen LogP contribution in [-0.4, -0.2) is 16.8 Å². The number of hydrogen-bond acceptors (Lipinski definition) is 3. The molecule has 1 unspecified atom stereocenters. The largest absolute Gasteiger partial charge is 0.552 e. The Morgan fingerprint density at radius 3 is 3.17 bits per heavy atom. The van der Waals surface area contributed by atoms with E-state index in [1.54, 1.807) is 6.20 Å². The van der Waals surface area contributed by atoms with E-state index in [0.717, 1.165) is 12.8 Å². The van der Waals surface area contributed by atoms with Crippen LogP contribution in [0, 0.1) is 0 Å². The molecular weight excluding hydrogens is 175 g/mol. The lowest BCUT2D eigenvalue weighted by atomic mass is 10.4. The Morgan fingerprint density at radius 2 is 2.58 bits per heavy atom. The molecule has 0 spiro atoms. The summed E-state index contributed by atoms with van der Waals surface area (Å²) >= 11 is 0. The minimum Gasteiger partial charge on any atom is -0.281 e. The highest BCUT2D eigenvalue weighted by Crippen LogP contribution is 2.20. The van der Waals surface area contributed by atoms with Crippen LogP contribution in [0.15, 0.2) is 12.4 Å². The molecule has 0 aliphatic carbocycles. The van der Waals surface area contributed by atoms with Crippen LogP contribution in [-0.2, 0) is 9.09 Å². The summed E-state index contributed by atoms with van der Waals surface area (Å²) in [6.07, 6.45) is 5.10. The zero-order valence-corrected chi connectivity index (χ0v) is 7.88. The summed E-state index contributed by atoms with van der Waals surface area (Å²) in [4.78, 5) is 0. The number of aromatic nitrogens is 2. The number of aromatic amines is 1. The highest BCUT2D eigenvalue weighted by molar-refractivity contribution is 7.48. The standard InChI is InChI=1S/C7H12N2O2P/c1-2-3-4-11-12(10)7-5-8-9-6-7/h5-6H,2-4H2,1H3,(H,8,9)/q+1. The van der Waals surface area contributed by atoms with Gasteiger partial charge < -0.3 is 0 Å². The summed E-state index contributed by atoms with van der Waals surface area (Å²) < 4.78 is 16.3. The number of nitrogens with one attached hydrogen (secondary N) is 1. The van der Waals surface area contributed by atoms with Crippen LogP contribution in [0.25, 0.3) is 0 Å². The van der Waals surface area contributed by atoms with E-state index in [-0.39, 0.29) is 0 Å². The lowest BCUT2D eigenvalue weighted by Gasteiger charge is -1.86. The maximum atomic E-state index is 11.2. The average Bonchev–Trinajstić information content (AvgIpc) is 2.56. The van der Waals surface area contributed by atoms with Crippen LogP contribution in [0.4, 0.5) is 0 Å². The van der Waals surface area contributed by atoms with Gasteiger partial charge in [-0.3, -0.25) is 5.10 Å². The Bertz CT molecular complexity index is 236. The molecule has 1 aromatic heterocycles. The van der Waals surface area contributed by atoms with E-state index >= 15 is 0 Å². The van der Waals surface area contributed by atoms with Gasteiger partial charge in [-0.2, -0.15) is 5.10 Å². The molecule has 0 amide bonds. The summed E-state index contributed by atoms with van der Waals surface area (Å²) in [5.41, 5.74) is 0. The number of hydrogen-bond donors (Lipinski definition) is 1. The maximum absolute atomic E-state index is 11.2. The third-order valence-electron chi connectivity index (χ3n) is 1.40. The maximum Gasteiger partial charge on any atom is 0.552 e. The number of nitrogens with zero attached hydrogens (tertiary/aromatic N) is 1. The smallest absolute Gasteiger partial charge is 0.281 e. The predicted octanol–water partition coefficient (Wildman–Crippen LogP) is 1.59. The summed E-state index contributed by atoms with van der Waals surface area (Å²) in [6, 6.07) is 0. The average molecular weight is 187 g/mol. The summed E-state index contributed by atoms with van der Waals surface area (Å²) in [7, 11) is -1.69. The lowest BCUT2D eigenvalue weighted by Crippen LogP contribution is -1.95. The van der Waals surface area contributed by atoms with Gasteiger partial charge in [-0.25, -0.2) is 0 Å². The van der Waals surface area contributed by atoms with Crippen molar-refractivity contribution >= 4 is 13.3 Å². The van der Waals surface area contributed by atoms with Crippen LogP contribution in [0.2, 0.25) is 0 Å². The van der Waals surface area contributed by atoms with Crippen molar-refractivity contribution in [2.45, 2.75) is 19.8 Å². The topological polar surface area (TPSA) is 55.0 Å². The highest BCUT2D eigenvalue weighted by Gasteiger charge is 2.22. The van der Waals surface area contributed by atoms with Gasteiger partial charge in [-0.05, 0) is 11.0 Å². The predicted molar refractivity (Wildman–Crippen MR) is 46.7 cm³/mol. The molecule has 1 aromatic rings. The number of H-pyrrole nitrogens is 1. The van der Waals surface area contributed by atoms with E-state index in [2.05, 4.69) is 17.1 Å². The van der Waals surface area contributed by atoms with Crippen molar-refractivity contribution in [1.29, 1.82) is 0 Å². The van der Waals surface area contributed by atoms with Crippen LogP contribution in [0.1, 0.15) is 19.8 Å². The first-order valence-electron chi connectivity index (χ1n) is 3.93. The molecule has 12 heavy (non-hydrogen) atoms. The van der Waals surface area contributed by atoms with Crippen LogP contribution in [0.3, 0.4) is 0 Å². The molecule has 5 heteroatoms. The first kappa shape index (κ1) is 9.36. The molecule has 0 saturated carbocycles. The Balaban J connectivity index is 2.30. The van der Waals surface area contributed by atoms with Gasteiger partial charge in [-0.1, -0.05) is 13.3 Å². The molecule has 0 radical (unpaired) electrons. The third-order valence-corrected chi connectivity index (χ3v) is 2.48. The molecule has 66 valence electrons. The Kier molecular flexibility index (Phi) is 3.91. The van der Waals surface area contributed by atoms with E-state index in [0.29, 0.717) is 11.9 Å². The summed E-state index contributed by atoms with van der Waals surface area (Å²) in [5, 5.41) is 6.90. The monoisotopic (exact) mass is 187 g/mol. The van der Waals surface area contributed by atoms with Gasteiger partial charge in [0.1, 0.15) is 12.8 Å². The zero-order valence-electron chi connectivity index (χ0n) is 6.99. The number of unbranched alkanes of at least 4 members (excludes halogenated alkanes) is 1. The molecule has 0 aliphatic heterocycles. The van der Waals surface area contributed by atoms with Crippen molar-refractivity contribution < 1.29 is 9.09 Å². The molecule has 4 nitrogen and oxygen atoms in total. The van der Waals surface area contributed by atoms with Gasteiger partial charge in [0.2, 0.25) is 0 Å². The van der Waals surface area contributed by atoms with Gasteiger partial charge in [0, 0.05) is 0 Å². The van der Waals surface area contributed by atoms with Gasteiger partial charge in [0.05, 0.1) is 6.20 Å². The molecule has 0 fully saturated rings. The van der Waals surface area contributed by atoms with E-state index in [1.807, 2.05) is 0 Å². The van der Waals surface area contributed by atoms with Gasteiger partial charge in [0.15, 0.2) is 0 Å². The fourth-order valence-corrected chi connectivity index (χ4v) is 1.47. The first-order chi connectivity index (χ1) is 5.84. The molecule has 0 aliphatic rings. The Hall–Kier alpha value is -0.730. The molecule has 1 heterocycles. The Labute approximate surface area is 72.2 Å². The SMILES string of the molecule is CCCCO[P+](=O)c1cn[nH]c1. The minimum absolute atomic E-state index is 0.552. The van der Waals surface area contributed by atoms with Gasteiger partial charge in [0.25, 0.3) is 5.30 Å².